The lowest BCUT2D eigenvalue weighted by Crippen LogP contribution is -2.54. The van der Waals surface area contributed by atoms with Crippen LogP contribution in [-0.2, 0) is 11.3 Å². The van der Waals surface area contributed by atoms with Gasteiger partial charge in [-0.05, 0) is 33.8 Å². The molecule has 1 aromatic rings. The van der Waals surface area contributed by atoms with Crippen LogP contribution in [0.4, 0.5) is 0 Å². The Kier molecular flexibility index (Phi) is 4.00. The average molecular weight is 303 g/mol. The Bertz CT molecular complexity index is 380. The van der Waals surface area contributed by atoms with E-state index in [9.17, 15) is 4.79 Å². The summed E-state index contributed by atoms with van der Waals surface area (Å²) in [6.07, 6.45) is 0.870. The van der Waals surface area contributed by atoms with E-state index in [4.69, 9.17) is 0 Å². The van der Waals surface area contributed by atoms with E-state index in [2.05, 4.69) is 44.5 Å². The second kappa shape index (κ2) is 5.29. The van der Waals surface area contributed by atoms with Crippen LogP contribution < -0.4 is 5.32 Å². The summed E-state index contributed by atoms with van der Waals surface area (Å²) >= 11 is 5.27. The van der Waals surface area contributed by atoms with E-state index in [1.807, 2.05) is 0 Å². The van der Waals surface area contributed by atoms with Gasteiger partial charge >= 0.3 is 0 Å². The number of carbonyl (C=O) groups excluding carboxylic acids is 1. The third-order valence-electron chi connectivity index (χ3n) is 2.87. The Balaban J connectivity index is 2.08. The third kappa shape index (κ3) is 2.47. The Labute approximate surface area is 108 Å². The van der Waals surface area contributed by atoms with E-state index in [1.165, 1.54) is 4.88 Å². The molecule has 2 rings (SSSR count). The van der Waals surface area contributed by atoms with Crippen LogP contribution >= 0.6 is 27.3 Å². The maximum absolute atomic E-state index is 11.7. The van der Waals surface area contributed by atoms with E-state index in [-0.39, 0.29) is 11.9 Å². The van der Waals surface area contributed by atoms with Crippen LogP contribution in [0.3, 0.4) is 0 Å². The first-order chi connectivity index (χ1) is 7.72. The summed E-state index contributed by atoms with van der Waals surface area (Å²) in [6.45, 7) is 4.63. The maximum Gasteiger partial charge on any atom is 0.237 e. The molecule has 1 unspecified atom stereocenters. The first-order valence-electron chi connectivity index (χ1n) is 5.46. The number of nitrogens with one attached hydrogen (secondary N) is 1. The molecule has 1 saturated heterocycles. The van der Waals surface area contributed by atoms with Gasteiger partial charge in [0.15, 0.2) is 0 Å². The van der Waals surface area contributed by atoms with Crippen molar-refractivity contribution in [1.82, 2.24) is 10.2 Å². The van der Waals surface area contributed by atoms with Gasteiger partial charge in [-0.3, -0.25) is 9.69 Å². The largest absolute Gasteiger partial charge is 0.353 e. The summed E-state index contributed by atoms with van der Waals surface area (Å²) in [5.74, 6) is 0.168. The first kappa shape index (κ1) is 12.1. The minimum absolute atomic E-state index is 0.0303. The predicted octanol–water partition coefficient (Wildman–Crippen LogP) is 2.22. The standard InChI is InChI=1S/C11H15BrN2OS/c1-2-9-11(15)13-4-5-14(9)7-10-8(12)3-6-16-10/h3,6,9H,2,4-5,7H2,1H3,(H,13,15). The lowest BCUT2D eigenvalue weighted by molar-refractivity contribution is -0.129. The molecule has 2 heterocycles. The molecule has 1 N–H and O–H groups in total. The minimum Gasteiger partial charge on any atom is -0.353 e. The molecule has 5 heteroatoms. The summed E-state index contributed by atoms with van der Waals surface area (Å²) in [5.41, 5.74) is 0. The highest BCUT2D eigenvalue weighted by Crippen LogP contribution is 2.25. The van der Waals surface area contributed by atoms with Crippen LogP contribution in [0.5, 0.6) is 0 Å². The number of hydrogen-bond donors (Lipinski definition) is 1. The molecular weight excluding hydrogens is 288 g/mol. The van der Waals surface area contributed by atoms with Gasteiger partial charge in [-0.2, -0.15) is 0 Å². The van der Waals surface area contributed by atoms with E-state index in [1.54, 1.807) is 11.3 Å². The molecule has 0 radical (unpaired) electrons. The zero-order valence-corrected chi connectivity index (χ0v) is 11.6. The molecule has 0 bridgehead atoms. The molecule has 1 amide bonds. The zero-order valence-electron chi connectivity index (χ0n) is 9.20. The van der Waals surface area contributed by atoms with Gasteiger partial charge in [0.1, 0.15) is 0 Å². The van der Waals surface area contributed by atoms with Crippen molar-refractivity contribution in [2.24, 2.45) is 0 Å². The van der Waals surface area contributed by atoms with E-state index in [0.29, 0.717) is 0 Å². The molecule has 0 aliphatic carbocycles. The third-order valence-corrected chi connectivity index (χ3v) is 4.78. The van der Waals surface area contributed by atoms with Gasteiger partial charge in [0.25, 0.3) is 0 Å². The van der Waals surface area contributed by atoms with Gasteiger partial charge in [0.2, 0.25) is 5.91 Å². The van der Waals surface area contributed by atoms with Crippen LogP contribution in [0.2, 0.25) is 0 Å². The molecule has 1 atom stereocenters. The molecule has 1 aliphatic heterocycles. The molecule has 3 nitrogen and oxygen atoms in total. The second-order valence-electron chi connectivity index (χ2n) is 3.88. The van der Waals surface area contributed by atoms with Crippen molar-refractivity contribution >= 4 is 33.2 Å². The monoisotopic (exact) mass is 302 g/mol. The first-order valence-corrected chi connectivity index (χ1v) is 7.13. The van der Waals surface area contributed by atoms with Crippen molar-refractivity contribution in [3.05, 3.63) is 20.8 Å². The Morgan fingerprint density at radius 2 is 2.50 bits per heavy atom. The van der Waals surface area contributed by atoms with Crippen molar-refractivity contribution in [3.63, 3.8) is 0 Å². The van der Waals surface area contributed by atoms with Crippen LogP contribution in [0.25, 0.3) is 0 Å². The van der Waals surface area contributed by atoms with Crippen molar-refractivity contribution < 1.29 is 4.79 Å². The number of piperazine rings is 1. The second-order valence-corrected chi connectivity index (χ2v) is 5.73. The number of amides is 1. The molecule has 88 valence electrons. The average Bonchev–Trinajstić information content (AvgIpc) is 2.65. The van der Waals surface area contributed by atoms with Crippen LogP contribution in [-0.4, -0.2) is 29.9 Å². The molecule has 0 aromatic carbocycles. The Hall–Kier alpha value is -0.390. The highest BCUT2D eigenvalue weighted by molar-refractivity contribution is 9.10. The lowest BCUT2D eigenvalue weighted by Gasteiger charge is -2.34. The SMILES string of the molecule is CCC1C(=O)NCCN1Cc1sccc1Br. The fourth-order valence-corrected chi connectivity index (χ4v) is 3.52. The lowest BCUT2D eigenvalue weighted by atomic mass is 10.1. The van der Waals surface area contributed by atoms with Gasteiger partial charge in [-0.15, -0.1) is 11.3 Å². The molecular formula is C11H15BrN2OS. The van der Waals surface area contributed by atoms with Crippen molar-refractivity contribution in [1.29, 1.82) is 0 Å². The normalized spacial score (nSPS) is 22.1. The summed E-state index contributed by atoms with van der Waals surface area (Å²) in [5, 5.41) is 4.99. The molecule has 0 spiro atoms. The topological polar surface area (TPSA) is 32.3 Å². The minimum atomic E-state index is 0.0303. The van der Waals surface area contributed by atoms with E-state index < -0.39 is 0 Å². The molecule has 1 aromatic heterocycles. The molecule has 1 aliphatic rings. The number of hydrogen-bond acceptors (Lipinski definition) is 3. The Morgan fingerprint density at radius 1 is 1.69 bits per heavy atom. The molecule has 0 saturated carbocycles. The fraction of sp³-hybridized carbons (Fsp3) is 0.545. The number of nitrogens with zero attached hydrogens (tertiary/aromatic N) is 1. The van der Waals surface area contributed by atoms with Gasteiger partial charge in [0, 0.05) is 29.0 Å². The van der Waals surface area contributed by atoms with E-state index in [0.717, 1.165) is 30.5 Å². The molecule has 1 fully saturated rings. The van der Waals surface area contributed by atoms with Crippen LogP contribution in [0.1, 0.15) is 18.2 Å². The number of halogens is 1. The van der Waals surface area contributed by atoms with Crippen molar-refractivity contribution in [2.45, 2.75) is 25.9 Å². The highest BCUT2D eigenvalue weighted by atomic mass is 79.9. The van der Waals surface area contributed by atoms with Crippen molar-refractivity contribution in [3.8, 4) is 0 Å². The van der Waals surface area contributed by atoms with Gasteiger partial charge in [-0.1, -0.05) is 6.92 Å². The van der Waals surface area contributed by atoms with Gasteiger partial charge < -0.3 is 5.32 Å². The number of carbonyl (C=O) groups is 1. The van der Waals surface area contributed by atoms with Crippen LogP contribution in [0, 0.1) is 0 Å². The predicted molar refractivity (Wildman–Crippen MR) is 69.5 cm³/mol. The summed E-state index contributed by atoms with van der Waals surface area (Å²) in [4.78, 5) is 15.2. The number of rotatable bonds is 3. The summed E-state index contributed by atoms with van der Waals surface area (Å²) < 4.78 is 1.15. The summed E-state index contributed by atoms with van der Waals surface area (Å²) in [7, 11) is 0. The Morgan fingerprint density at radius 3 is 3.12 bits per heavy atom. The summed E-state index contributed by atoms with van der Waals surface area (Å²) in [6, 6.07) is 2.09. The van der Waals surface area contributed by atoms with Crippen LogP contribution in [0.15, 0.2) is 15.9 Å². The molecule has 16 heavy (non-hydrogen) atoms. The zero-order chi connectivity index (χ0) is 11.5. The number of thiophene rings is 1. The quantitative estimate of drug-likeness (QED) is 0.928. The van der Waals surface area contributed by atoms with Gasteiger partial charge in [-0.25, -0.2) is 0 Å². The fourth-order valence-electron chi connectivity index (χ4n) is 2.02. The van der Waals surface area contributed by atoms with E-state index >= 15 is 0 Å². The highest BCUT2D eigenvalue weighted by Gasteiger charge is 2.28. The smallest absolute Gasteiger partial charge is 0.237 e. The maximum atomic E-state index is 11.7. The van der Waals surface area contributed by atoms with Gasteiger partial charge in [0.05, 0.1) is 6.04 Å². The van der Waals surface area contributed by atoms with Crippen molar-refractivity contribution in [2.75, 3.05) is 13.1 Å².